The van der Waals surface area contributed by atoms with Crippen LogP contribution in [0.3, 0.4) is 0 Å². The fraction of sp³-hybridized carbons (Fsp3) is 0.714. The standard InChI is InChI=1S/C21H33NO4/c1-5-11-20(2)21(3,24-4)25-18-14-22(12-16-9-7-6-8-10-16)13-17(15-23)19(18)26-20/h6-10,17-19,23H,5,11-15H2,1-4H3/t17-,18-,19-,20-,21+/m1/s1. The van der Waals surface area contributed by atoms with Crippen molar-refractivity contribution in [3.63, 3.8) is 0 Å². The van der Waals surface area contributed by atoms with Crippen LogP contribution in [0.4, 0.5) is 0 Å². The Balaban J connectivity index is 1.79. The molecule has 5 atom stereocenters. The van der Waals surface area contributed by atoms with Crippen molar-refractivity contribution in [2.24, 2.45) is 5.92 Å². The molecule has 0 aromatic heterocycles. The highest BCUT2D eigenvalue weighted by molar-refractivity contribution is 5.15. The molecule has 5 nitrogen and oxygen atoms in total. The third kappa shape index (κ3) is 3.69. The van der Waals surface area contributed by atoms with Gasteiger partial charge in [0.05, 0.1) is 6.10 Å². The fourth-order valence-electron chi connectivity index (χ4n) is 4.43. The Morgan fingerprint density at radius 3 is 2.54 bits per heavy atom. The number of piperidine rings is 1. The Hall–Kier alpha value is -0.980. The molecule has 0 spiro atoms. The van der Waals surface area contributed by atoms with Crippen LogP contribution >= 0.6 is 0 Å². The predicted octanol–water partition coefficient (Wildman–Crippen LogP) is 2.82. The van der Waals surface area contributed by atoms with Crippen molar-refractivity contribution in [2.45, 2.75) is 63.8 Å². The van der Waals surface area contributed by atoms with Crippen LogP contribution in [-0.4, -0.2) is 60.4 Å². The van der Waals surface area contributed by atoms with Gasteiger partial charge in [-0.25, -0.2) is 0 Å². The first-order valence-corrected chi connectivity index (χ1v) is 9.72. The maximum Gasteiger partial charge on any atom is 0.194 e. The highest BCUT2D eigenvalue weighted by Gasteiger charge is 2.57. The van der Waals surface area contributed by atoms with Crippen molar-refractivity contribution in [1.29, 1.82) is 0 Å². The molecule has 0 aliphatic carbocycles. The van der Waals surface area contributed by atoms with Gasteiger partial charge in [0.2, 0.25) is 0 Å². The zero-order valence-electron chi connectivity index (χ0n) is 16.5. The van der Waals surface area contributed by atoms with E-state index in [1.807, 2.05) is 13.0 Å². The van der Waals surface area contributed by atoms with Gasteiger partial charge in [-0.3, -0.25) is 4.90 Å². The van der Waals surface area contributed by atoms with Crippen LogP contribution in [0, 0.1) is 5.92 Å². The van der Waals surface area contributed by atoms with E-state index in [1.165, 1.54) is 5.56 Å². The van der Waals surface area contributed by atoms with Crippen molar-refractivity contribution < 1.29 is 19.3 Å². The molecule has 5 heteroatoms. The molecule has 0 unspecified atom stereocenters. The van der Waals surface area contributed by atoms with Gasteiger partial charge in [0.1, 0.15) is 11.7 Å². The van der Waals surface area contributed by atoms with Crippen LogP contribution in [0.25, 0.3) is 0 Å². The lowest BCUT2D eigenvalue weighted by molar-refractivity contribution is -0.400. The Labute approximate surface area is 157 Å². The third-order valence-corrected chi connectivity index (χ3v) is 6.10. The lowest BCUT2D eigenvalue weighted by Gasteiger charge is -2.57. The van der Waals surface area contributed by atoms with Crippen molar-refractivity contribution >= 4 is 0 Å². The average molecular weight is 363 g/mol. The lowest BCUT2D eigenvalue weighted by atomic mass is 9.84. The molecule has 2 aliphatic rings. The van der Waals surface area contributed by atoms with Crippen LogP contribution in [0.2, 0.25) is 0 Å². The molecule has 0 bridgehead atoms. The first-order chi connectivity index (χ1) is 12.4. The maximum atomic E-state index is 10.0. The van der Waals surface area contributed by atoms with Gasteiger partial charge < -0.3 is 19.3 Å². The number of aliphatic hydroxyl groups is 1. The number of rotatable bonds is 6. The maximum absolute atomic E-state index is 10.0. The van der Waals surface area contributed by atoms with Gasteiger partial charge in [0.25, 0.3) is 0 Å². The largest absolute Gasteiger partial charge is 0.396 e. The molecule has 0 amide bonds. The Morgan fingerprint density at radius 1 is 1.19 bits per heavy atom. The normalized spacial score (nSPS) is 38.1. The van der Waals surface area contributed by atoms with Crippen molar-refractivity contribution in [3.8, 4) is 0 Å². The van der Waals surface area contributed by atoms with Gasteiger partial charge in [0, 0.05) is 39.3 Å². The van der Waals surface area contributed by atoms with E-state index in [0.29, 0.717) is 0 Å². The summed E-state index contributed by atoms with van der Waals surface area (Å²) in [5, 5.41) is 10.0. The quantitative estimate of drug-likeness (QED) is 0.842. The first kappa shape index (κ1) is 19.8. The summed E-state index contributed by atoms with van der Waals surface area (Å²) in [5.74, 6) is -0.755. The fourth-order valence-corrected chi connectivity index (χ4v) is 4.43. The van der Waals surface area contributed by atoms with E-state index in [-0.39, 0.29) is 24.7 Å². The minimum atomic E-state index is -0.792. The van der Waals surface area contributed by atoms with Gasteiger partial charge in [-0.15, -0.1) is 0 Å². The molecule has 0 saturated carbocycles. The Bertz CT molecular complexity index is 583. The molecule has 1 N–H and O–H groups in total. The second kappa shape index (κ2) is 7.95. The van der Waals surface area contributed by atoms with Crippen LogP contribution in [0.15, 0.2) is 30.3 Å². The average Bonchev–Trinajstić information content (AvgIpc) is 2.63. The van der Waals surface area contributed by atoms with E-state index in [4.69, 9.17) is 14.2 Å². The molecule has 2 saturated heterocycles. The van der Waals surface area contributed by atoms with E-state index in [0.717, 1.165) is 32.5 Å². The summed E-state index contributed by atoms with van der Waals surface area (Å²) in [6, 6.07) is 10.4. The van der Waals surface area contributed by atoms with Crippen LogP contribution < -0.4 is 0 Å². The van der Waals surface area contributed by atoms with Crippen LogP contribution in [0.1, 0.15) is 39.2 Å². The minimum Gasteiger partial charge on any atom is -0.396 e. The molecule has 2 fully saturated rings. The summed E-state index contributed by atoms with van der Waals surface area (Å²) in [5.41, 5.74) is 0.747. The van der Waals surface area contributed by atoms with Gasteiger partial charge >= 0.3 is 0 Å². The summed E-state index contributed by atoms with van der Waals surface area (Å²) >= 11 is 0. The number of methoxy groups -OCH3 is 1. The SMILES string of the molecule is CCC[C@@]1(C)O[C@@H]2[C@@H](CO)CN(Cc3ccccc3)C[C@H]2O[C@]1(C)OC. The molecule has 146 valence electrons. The molecule has 1 aromatic carbocycles. The highest BCUT2D eigenvalue weighted by Crippen LogP contribution is 2.44. The number of likely N-dealkylation sites (tertiary alicyclic amines) is 1. The number of hydrogen-bond donors (Lipinski definition) is 1. The number of aliphatic hydroxyl groups excluding tert-OH is 1. The predicted molar refractivity (Wildman–Crippen MR) is 101 cm³/mol. The monoisotopic (exact) mass is 363 g/mol. The summed E-state index contributed by atoms with van der Waals surface area (Å²) in [4.78, 5) is 2.35. The third-order valence-electron chi connectivity index (χ3n) is 6.10. The van der Waals surface area contributed by atoms with E-state index < -0.39 is 11.4 Å². The number of ether oxygens (including phenoxy) is 3. The number of hydrogen-bond acceptors (Lipinski definition) is 5. The zero-order valence-corrected chi connectivity index (χ0v) is 16.5. The van der Waals surface area contributed by atoms with E-state index in [1.54, 1.807) is 7.11 Å². The molecule has 1 aromatic rings. The summed E-state index contributed by atoms with van der Waals surface area (Å²) < 4.78 is 18.9. The van der Waals surface area contributed by atoms with E-state index in [9.17, 15) is 5.11 Å². The molecule has 0 radical (unpaired) electrons. The highest BCUT2D eigenvalue weighted by atomic mass is 16.7. The molecule has 2 aliphatic heterocycles. The number of fused-ring (bicyclic) bond motifs is 1. The first-order valence-electron chi connectivity index (χ1n) is 9.72. The van der Waals surface area contributed by atoms with Gasteiger partial charge in [-0.1, -0.05) is 43.7 Å². The van der Waals surface area contributed by atoms with Gasteiger partial charge in [-0.2, -0.15) is 0 Å². The Kier molecular flexibility index (Phi) is 6.04. The zero-order chi connectivity index (χ0) is 18.8. The summed E-state index contributed by atoms with van der Waals surface area (Å²) in [6.45, 7) is 8.72. The van der Waals surface area contributed by atoms with Crippen molar-refractivity contribution in [1.82, 2.24) is 4.90 Å². The van der Waals surface area contributed by atoms with Gasteiger partial charge in [0.15, 0.2) is 5.79 Å². The summed E-state index contributed by atoms with van der Waals surface area (Å²) in [7, 11) is 1.69. The van der Waals surface area contributed by atoms with Crippen LogP contribution in [-0.2, 0) is 20.8 Å². The van der Waals surface area contributed by atoms with Crippen LogP contribution in [0.5, 0.6) is 0 Å². The Morgan fingerprint density at radius 2 is 1.92 bits per heavy atom. The lowest BCUT2D eigenvalue weighted by Crippen LogP contribution is -2.69. The molecule has 26 heavy (non-hydrogen) atoms. The summed E-state index contributed by atoms with van der Waals surface area (Å²) in [6.07, 6.45) is 1.62. The van der Waals surface area contributed by atoms with Gasteiger partial charge in [-0.05, 0) is 25.8 Å². The van der Waals surface area contributed by atoms with Crippen molar-refractivity contribution in [3.05, 3.63) is 35.9 Å². The van der Waals surface area contributed by atoms with E-state index in [2.05, 4.69) is 43.0 Å². The van der Waals surface area contributed by atoms with Crippen molar-refractivity contribution in [2.75, 3.05) is 26.8 Å². The number of benzene rings is 1. The minimum absolute atomic E-state index is 0.0371. The molecular formula is C21H33NO4. The molecule has 2 heterocycles. The number of nitrogens with zero attached hydrogens (tertiary/aromatic N) is 1. The second-order valence-electron chi connectivity index (χ2n) is 7.99. The second-order valence-corrected chi connectivity index (χ2v) is 7.99. The molecule has 3 rings (SSSR count). The smallest absolute Gasteiger partial charge is 0.194 e. The van der Waals surface area contributed by atoms with E-state index >= 15 is 0 Å². The molecular weight excluding hydrogens is 330 g/mol. The topological polar surface area (TPSA) is 51.2 Å².